The second kappa shape index (κ2) is 8.12. The Kier molecular flexibility index (Phi) is 6.47. The molecule has 0 aliphatic carbocycles. The minimum atomic E-state index is -0.374. The SMILES string of the molecule is CCCNc1cc(CN(C)CCC#N)ccc1[N+](=O)[O-]. The molecule has 6 nitrogen and oxygen atoms in total. The van der Waals surface area contributed by atoms with Crippen molar-refractivity contribution >= 4 is 11.4 Å². The van der Waals surface area contributed by atoms with Crippen LogP contribution in [0.4, 0.5) is 11.4 Å². The van der Waals surface area contributed by atoms with E-state index in [2.05, 4.69) is 11.4 Å². The highest BCUT2D eigenvalue weighted by Crippen LogP contribution is 2.26. The molecule has 1 aromatic rings. The van der Waals surface area contributed by atoms with Crippen LogP contribution in [0, 0.1) is 21.4 Å². The number of benzene rings is 1. The Labute approximate surface area is 119 Å². The zero-order chi connectivity index (χ0) is 15.0. The van der Waals surface area contributed by atoms with Crippen LogP contribution in [0.3, 0.4) is 0 Å². The Morgan fingerprint density at radius 2 is 2.25 bits per heavy atom. The van der Waals surface area contributed by atoms with Crippen LogP contribution < -0.4 is 5.32 Å². The zero-order valence-electron chi connectivity index (χ0n) is 11.9. The molecule has 1 N–H and O–H groups in total. The van der Waals surface area contributed by atoms with Crippen LogP contribution in [0.5, 0.6) is 0 Å². The first-order chi connectivity index (χ1) is 9.58. The lowest BCUT2D eigenvalue weighted by atomic mass is 10.1. The maximum Gasteiger partial charge on any atom is 0.292 e. The maximum absolute atomic E-state index is 11.0. The summed E-state index contributed by atoms with van der Waals surface area (Å²) in [6.07, 6.45) is 1.38. The van der Waals surface area contributed by atoms with Crippen LogP contribution in [0.15, 0.2) is 18.2 Å². The normalized spacial score (nSPS) is 10.3. The highest BCUT2D eigenvalue weighted by Gasteiger charge is 2.14. The lowest BCUT2D eigenvalue weighted by Gasteiger charge is -2.15. The largest absolute Gasteiger partial charge is 0.379 e. The molecule has 0 atom stereocenters. The number of rotatable bonds is 8. The van der Waals surface area contributed by atoms with Crippen molar-refractivity contribution in [2.24, 2.45) is 0 Å². The van der Waals surface area contributed by atoms with Crippen molar-refractivity contribution in [3.63, 3.8) is 0 Å². The van der Waals surface area contributed by atoms with Crippen LogP contribution in [0.25, 0.3) is 0 Å². The summed E-state index contributed by atoms with van der Waals surface area (Å²) in [6.45, 7) is 4.07. The molecule has 108 valence electrons. The van der Waals surface area contributed by atoms with E-state index in [0.717, 1.165) is 12.0 Å². The van der Waals surface area contributed by atoms with Crippen LogP contribution in [-0.2, 0) is 6.54 Å². The smallest absolute Gasteiger partial charge is 0.292 e. The molecule has 0 saturated carbocycles. The Bertz CT molecular complexity index is 496. The van der Waals surface area contributed by atoms with Crippen molar-refractivity contribution in [2.45, 2.75) is 26.3 Å². The van der Waals surface area contributed by atoms with Gasteiger partial charge in [-0.1, -0.05) is 13.0 Å². The average molecular weight is 276 g/mol. The van der Waals surface area contributed by atoms with E-state index in [1.54, 1.807) is 6.07 Å². The fraction of sp³-hybridized carbons (Fsp3) is 0.500. The number of nitrogens with one attached hydrogen (secondary N) is 1. The number of hydrogen-bond acceptors (Lipinski definition) is 5. The minimum Gasteiger partial charge on any atom is -0.379 e. The fourth-order valence-electron chi connectivity index (χ4n) is 1.87. The van der Waals surface area contributed by atoms with Gasteiger partial charge in [-0.25, -0.2) is 0 Å². The topological polar surface area (TPSA) is 82.2 Å². The quantitative estimate of drug-likeness (QED) is 0.583. The lowest BCUT2D eigenvalue weighted by molar-refractivity contribution is -0.384. The Hall–Kier alpha value is -2.13. The Morgan fingerprint density at radius 3 is 2.85 bits per heavy atom. The number of anilines is 1. The first-order valence-electron chi connectivity index (χ1n) is 6.65. The highest BCUT2D eigenvalue weighted by molar-refractivity contribution is 5.62. The van der Waals surface area contributed by atoms with E-state index in [-0.39, 0.29) is 10.6 Å². The molecular formula is C14H20N4O2. The standard InChI is InChI=1S/C14H20N4O2/c1-3-8-16-13-10-12(5-6-14(13)18(19)20)11-17(2)9-4-7-15/h5-6,10,16H,3-4,8-9,11H2,1-2H3. The first-order valence-corrected chi connectivity index (χ1v) is 6.65. The molecule has 0 bridgehead atoms. The molecule has 0 fully saturated rings. The van der Waals surface area contributed by atoms with E-state index in [4.69, 9.17) is 5.26 Å². The summed E-state index contributed by atoms with van der Waals surface area (Å²) in [5.74, 6) is 0. The molecule has 0 aliphatic rings. The van der Waals surface area contributed by atoms with Gasteiger partial charge in [-0.05, 0) is 25.1 Å². The molecule has 0 radical (unpaired) electrons. The van der Waals surface area contributed by atoms with Crippen molar-refractivity contribution in [2.75, 3.05) is 25.5 Å². The molecule has 0 saturated heterocycles. The van der Waals surface area contributed by atoms with Crippen molar-refractivity contribution in [1.29, 1.82) is 5.26 Å². The van der Waals surface area contributed by atoms with Gasteiger partial charge in [0.25, 0.3) is 5.69 Å². The van der Waals surface area contributed by atoms with E-state index in [9.17, 15) is 10.1 Å². The molecule has 0 spiro atoms. The molecule has 0 amide bonds. The van der Waals surface area contributed by atoms with Crippen LogP contribution >= 0.6 is 0 Å². The lowest BCUT2D eigenvalue weighted by Crippen LogP contribution is -2.18. The van der Waals surface area contributed by atoms with E-state index >= 15 is 0 Å². The number of nitro benzene ring substituents is 1. The van der Waals surface area contributed by atoms with Gasteiger partial charge in [0.1, 0.15) is 5.69 Å². The molecular weight excluding hydrogens is 256 g/mol. The first kappa shape index (κ1) is 15.9. The molecule has 6 heteroatoms. The van der Waals surface area contributed by atoms with Gasteiger partial charge in [-0.2, -0.15) is 5.26 Å². The van der Waals surface area contributed by atoms with Gasteiger partial charge in [0.15, 0.2) is 0 Å². The van der Waals surface area contributed by atoms with E-state index in [1.165, 1.54) is 6.07 Å². The molecule has 1 rings (SSSR count). The summed E-state index contributed by atoms with van der Waals surface area (Å²) < 4.78 is 0. The third kappa shape index (κ3) is 4.86. The van der Waals surface area contributed by atoms with Crippen molar-refractivity contribution in [3.05, 3.63) is 33.9 Å². The molecule has 0 heterocycles. The summed E-state index contributed by atoms with van der Waals surface area (Å²) in [6, 6.07) is 7.22. The summed E-state index contributed by atoms with van der Waals surface area (Å²) in [4.78, 5) is 12.6. The van der Waals surface area contributed by atoms with Gasteiger partial charge in [0.05, 0.1) is 11.0 Å². The monoisotopic (exact) mass is 276 g/mol. The van der Waals surface area contributed by atoms with Crippen molar-refractivity contribution in [1.82, 2.24) is 4.90 Å². The molecule has 20 heavy (non-hydrogen) atoms. The van der Waals surface area contributed by atoms with E-state index in [1.807, 2.05) is 24.9 Å². The van der Waals surface area contributed by atoms with Crippen molar-refractivity contribution < 1.29 is 4.92 Å². The number of nitro groups is 1. The van der Waals surface area contributed by atoms with Crippen molar-refractivity contribution in [3.8, 4) is 6.07 Å². The second-order valence-corrected chi connectivity index (χ2v) is 4.68. The van der Waals surface area contributed by atoms with Crippen LogP contribution in [0.2, 0.25) is 0 Å². The van der Waals surface area contributed by atoms with Gasteiger partial charge in [-0.15, -0.1) is 0 Å². The van der Waals surface area contributed by atoms with Gasteiger partial charge in [-0.3, -0.25) is 10.1 Å². The minimum absolute atomic E-state index is 0.0990. The predicted molar refractivity (Wildman–Crippen MR) is 78.4 cm³/mol. The Morgan fingerprint density at radius 1 is 1.50 bits per heavy atom. The number of nitrogens with zero attached hydrogens (tertiary/aromatic N) is 3. The molecule has 0 aliphatic heterocycles. The molecule has 1 aromatic carbocycles. The third-order valence-electron chi connectivity index (χ3n) is 2.88. The average Bonchev–Trinajstić information content (AvgIpc) is 2.42. The fourth-order valence-corrected chi connectivity index (χ4v) is 1.87. The van der Waals surface area contributed by atoms with Crippen LogP contribution in [-0.4, -0.2) is 30.0 Å². The zero-order valence-corrected chi connectivity index (χ0v) is 11.9. The number of nitriles is 1. The second-order valence-electron chi connectivity index (χ2n) is 4.68. The van der Waals surface area contributed by atoms with Gasteiger partial charge in [0.2, 0.25) is 0 Å². The highest BCUT2D eigenvalue weighted by atomic mass is 16.6. The van der Waals surface area contributed by atoms with E-state index < -0.39 is 0 Å². The Balaban J connectivity index is 2.83. The molecule has 0 aromatic heterocycles. The number of hydrogen-bond donors (Lipinski definition) is 1. The van der Waals surface area contributed by atoms with Gasteiger partial charge in [0, 0.05) is 32.1 Å². The summed E-state index contributed by atoms with van der Waals surface area (Å²) in [7, 11) is 1.93. The van der Waals surface area contributed by atoms with Gasteiger partial charge < -0.3 is 10.2 Å². The summed E-state index contributed by atoms with van der Waals surface area (Å²) >= 11 is 0. The predicted octanol–water partition coefficient (Wildman–Crippen LogP) is 2.76. The third-order valence-corrected chi connectivity index (χ3v) is 2.88. The maximum atomic E-state index is 11.0. The molecule has 0 unspecified atom stereocenters. The van der Waals surface area contributed by atoms with Gasteiger partial charge >= 0.3 is 0 Å². The summed E-state index contributed by atoms with van der Waals surface area (Å²) in [5, 5.41) is 22.6. The summed E-state index contributed by atoms with van der Waals surface area (Å²) in [5.41, 5.74) is 1.65. The van der Waals surface area contributed by atoms with E-state index in [0.29, 0.717) is 31.7 Å². The van der Waals surface area contributed by atoms with Crippen LogP contribution in [0.1, 0.15) is 25.3 Å².